The molecule has 0 aromatic heterocycles. The number of rotatable bonds is 8. The summed E-state index contributed by atoms with van der Waals surface area (Å²) in [6.07, 6.45) is -1.74. The Hall–Kier alpha value is -2.95. The number of carbonyl (C=O) groups is 5. The smallest absolute Gasteiger partial charge is 0.333 e. The van der Waals surface area contributed by atoms with Gasteiger partial charge in [0.05, 0.1) is 6.42 Å². The zero-order chi connectivity index (χ0) is 17.9. The maximum Gasteiger partial charge on any atom is 0.333 e. The van der Waals surface area contributed by atoms with E-state index in [4.69, 9.17) is 25.5 Å². The molecule has 0 aromatic rings. The van der Waals surface area contributed by atoms with Gasteiger partial charge in [-0.05, 0) is 6.92 Å². The lowest BCUT2D eigenvalue weighted by Gasteiger charge is -2.08. The van der Waals surface area contributed by atoms with Crippen LogP contribution in [0.25, 0.3) is 0 Å². The van der Waals surface area contributed by atoms with E-state index in [9.17, 15) is 24.0 Å². The van der Waals surface area contributed by atoms with Crippen molar-refractivity contribution in [1.29, 1.82) is 0 Å². The standard InChI is InChI=1S/C6H8O7.C5H6O4/c7-4(8)1-3(6(11)12)13-2-5(9)10;1-3(5(8)9)2-4(6)7/h3H,1-2H2,(H,7,8)(H,9,10)(H,11,12);2H,1H3,(H,6,7)(H,8,9)/b;3-2-. The molecule has 5 N–H and O–H groups in total. The molecule has 0 fully saturated rings. The van der Waals surface area contributed by atoms with Crippen LogP contribution in [0.4, 0.5) is 0 Å². The molecule has 0 heterocycles. The fraction of sp³-hybridized carbons (Fsp3) is 0.364. The van der Waals surface area contributed by atoms with Gasteiger partial charge >= 0.3 is 29.8 Å². The molecule has 0 spiro atoms. The topological polar surface area (TPSA) is 196 Å². The Morgan fingerprint density at radius 1 is 0.955 bits per heavy atom. The molecule has 1 atom stereocenters. The molecule has 0 radical (unpaired) electrons. The quantitative estimate of drug-likeness (QED) is 0.348. The third-order valence-corrected chi connectivity index (χ3v) is 1.72. The first kappa shape index (κ1) is 21.4. The van der Waals surface area contributed by atoms with E-state index < -0.39 is 49.0 Å². The molecular weight excluding hydrogens is 308 g/mol. The Kier molecular flexibility index (Phi) is 10.5. The van der Waals surface area contributed by atoms with Crippen molar-refractivity contribution in [3.8, 4) is 0 Å². The fourth-order valence-electron chi connectivity index (χ4n) is 0.795. The van der Waals surface area contributed by atoms with Crippen LogP contribution in [0, 0.1) is 0 Å². The Balaban J connectivity index is 0. The van der Waals surface area contributed by atoms with E-state index in [1.54, 1.807) is 0 Å². The molecule has 124 valence electrons. The predicted molar refractivity (Wildman–Crippen MR) is 66.3 cm³/mol. The zero-order valence-electron chi connectivity index (χ0n) is 11.3. The van der Waals surface area contributed by atoms with Crippen LogP contribution < -0.4 is 0 Å². The zero-order valence-corrected chi connectivity index (χ0v) is 11.3. The van der Waals surface area contributed by atoms with Crippen LogP contribution in [-0.4, -0.2) is 68.1 Å². The lowest BCUT2D eigenvalue weighted by atomic mass is 10.2. The van der Waals surface area contributed by atoms with Gasteiger partial charge in [0.25, 0.3) is 0 Å². The summed E-state index contributed by atoms with van der Waals surface area (Å²) in [6.45, 7) is 0.390. The third kappa shape index (κ3) is 13.5. The highest BCUT2D eigenvalue weighted by Crippen LogP contribution is 1.98. The molecule has 0 rings (SSSR count). The molecule has 0 aliphatic rings. The summed E-state index contributed by atoms with van der Waals surface area (Å²) in [5.41, 5.74) is -0.178. The molecule has 0 aliphatic carbocycles. The first-order valence-electron chi connectivity index (χ1n) is 5.39. The van der Waals surface area contributed by atoms with E-state index in [1.807, 2.05) is 0 Å². The van der Waals surface area contributed by atoms with Gasteiger partial charge in [-0.1, -0.05) is 0 Å². The highest BCUT2D eigenvalue weighted by atomic mass is 16.5. The van der Waals surface area contributed by atoms with Gasteiger partial charge in [-0.2, -0.15) is 0 Å². The minimum atomic E-state index is -1.62. The normalized spacial score (nSPS) is 11.6. The highest BCUT2D eigenvalue weighted by molar-refractivity contribution is 5.94. The predicted octanol–water partition coefficient (Wildman–Crippen LogP) is -0.883. The van der Waals surface area contributed by atoms with Gasteiger partial charge in [0.1, 0.15) is 6.61 Å². The molecule has 0 saturated heterocycles. The average molecular weight is 322 g/mol. The monoisotopic (exact) mass is 322 g/mol. The maximum atomic E-state index is 10.3. The molecule has 0 saturated carbocycles. The van der Waals surface area contributed by atoms with E-state index in [-0.39, 0.29) is 5.57 Å². The third-order valence-electron chi connectivity index (χ3n) is 1.72. The second-order valence-electron chi connectivity index (χ2n) is 3.60. The van der Waals surface area contributed by atoms with Crippen molar-refractivity contribution in [2.24, 2.45) is 0 Å². The number of hydrogen-bond donors (Lipinski definition) is 5. The van der Waals surface area contributed by atoms with E-state index >= 15 is 0 Å². The van der Waals surface area contributed by atoms with Gasteiger partial charge in [-0.25, -0.2) is 19.2 Å². The number of carboxylic acid groups (broad SMARTS) is 5. The van der Waals surface area contributed by atoms with E-state index in [0.717, 1.165) is 0 Å². The molecule has 0 amide bonds. The van der Waals surface area contributed by atoms with E-state index in [1.165, 1.54) is 6.92 Å². The van der Waals surface area contributed by atoms with E-state index in [0.29, 0.717) is 6.08 Å². The van der Waals surface area contributed by atoms with Crippen molar-refractivity contribution < 1.29 is 54.2 Å². The number of carboxylic acids is 5. The van der Waals surface area contributed by atoms with Crippen LogP contribution in [0.1, 0.15) is 13.3 Å². The molecule has 22 heavy (non-hydrogen) atoms. The van der Waals surface area contributed by atoms with Crippen molar-refractivity contribution in [2.45, 2.75) is 19.4 Å². The van der Waals surface area contributed by atoms with Crippen molar-refractivity contribution in [3.05, 3.63) is 11.6 Å². The first-order valence-corrected chi connectivity index (χ1v) is 5.39. The molecule has 0 aliphatic heterocycles. The minimum Gasteiger partial charge on any atom is -0.481 e. The summed E-state index contributed by atoms with van der Waals surface area (Å²) in [5, 5.41) is 40.8. The Morgan fingerprint density at radius 3 is 1.68 bits per heavy atom. The van der Waals surface area contributed by atoms with Crippen LogP contribution in [-0.2, 0) is 28.7 Å². The summed E-state index contributed by atoms with van der Waals surface area (Å²) in [7, 11) is 0. The van der Waals surface area contributed by atoms with Crippen molar-refractivity contribution in [1.82, 2.24) is 0 Å². The van der Waals surface area contributed by atoms with Crippen LogP contribution in [0.5, 0.6) is 0 Å². The van der Waals surface area contributed by atoms with Crippen molar-refractivity contribution in [3.63, 3.8) is 0 Å². The van der Waals surface area contributed by atoms with Crippen LogP contribution in [0.3, 0.4) is 0 Å². The summed E-state index contributed by atoms with van der Waals surface area (Å²) in [5.74, 6) is -6.66. The Labute approximate surface area is 123 Å². The van der Waals surface area contributed by atoms with Gasteiger partial charge in [0.2, 0.25) is 0 Å². The number of hydrogen-bond acceptors (Lipinski definition) is 6. The van der Waals surface area contributed by atoms with Crippen molar-refractivity contribution >= 4 is 29.8 Å². The van der Waals surface area contributed by atoms with Gasteiger partial charge in [0.15, 0.2) is 6.10 Å². The SMILES string of the molecule is C/C(=C/C(=O)O)C(=O)O.O=C(O)COC(CC(=O)O)C(=O)O. The minimum absolute atomic E-state index is 0.178. The van der Waals surface area contributed by atoms with Gasteiger partial charge in [-0.3, -0.25) is 4.79 Å². The van der Waals surface area contributed by atoms with Crippen LogP contribution >= 0.6 is 0 Å². The van der Waals surface area contributed by atoms with Crippen LogP contribution in [0.15, 0.2) is 11.6 Å². The second kappa shape index (κ2) is 10.8. The Morgan fingerprint density at radius 2 is 1.45 bits per heavy atom. The maximum absolute atomic E-state index is 10.3. The molecule has 0 bridgehead atoms. The van der Waals surface area contributed by atoms with Gasteiger partial charge in [0, 0.05) is 11.6 Å². The lowest BCUT2D eigenvalue weighted by molar-refractivity contribution is -0.161. The molecule has 0 aromatic carbocycles. The fourth-order valence-corrected chi connectivity index (χ4v) is 0.795. The second-order valence-corrected chi connectivity index (χ2v) is 3.60. The molecule has 11 nitrogen and oxygen atoms in total. The van der Waals surface area contributed by atoms with E-state index in [2.05, 4.69) is 4.74 Å². The largest absolute Gasteiger partial charge is 0.481 e. The number of aliphatic carboxylic acids is 5. The highest BCUT2D eigenvalue weighted by Gasteiger charge is 2.22. The van der Waals surface area contributed by atoms with Crippen molar-refractivity contribution in [2.75, 3.05) is 6.61 Å². The first-order chi connectivity index (χ1) is 9.97. The molecular formula is C11H14O11. The lowest BCUT2D eigenvalue weighted by Crippen LogP contribution is -2.29. The summed E-state index contributed by atoms with van der Waals surface area (Å²) >= 11 is 0. The number of ether oxygens (including phenoxy) is 1. The average Bonchev–Trinajstić information content (AvgIpc) is 2.33. The Bertz CT molecular complexity index is 476. The van der Waals surface area contributed by atoms with Crippen LogP contribution in [0.2, 0.25) is 0 Å². The molecule has 1 unspecified atom stereocenters. The summed E-state index contributed by atoms with van der Waals surface area (Å²) in [6, 6.07) is 0. The summed E-state index contributed by atoms with van der Waals surface area (Å²) < 4.78 is 4.30. The molecule has 11 heteroatoms. The van der Waals surface area contributed by atoms with Gasteiger partial charge in [-0.15, -0.1) is 0 Å². The summed E-state index contributed by atoms with van der Waals surface area (Å²) in [4.78, 5) is 50.0. The van der Waals surface area contributed by atoms with Gasteiger partial charge < -0.3 is 30.3 Å².